The third-order valence-electron chi connectivity index (χ3n) is 4.68. The largest absolute Gasteiger partial charge is 0.497 e. The van der Waals surface area contributed by atoms with Crippen LogP contribution in [0.3, 0.4) is 0 Å². The van der Waals surface area contributed by atoms with E-state index in [1.807, 2.05) is 4.90 Å². The molecule has 1 aliphatic rings. The number of aromatic nitrogens is 3. The Morgan fingerprint density at radius 3 is 2.50 bits per heavy atom. The predicted octanol–water partition coefficient (Wildman–Crippen LogP) is 2.79. The van der Waals surface area contributed by atoms with E-state index in [1.54, 1.807) is 30.3 Å². The normalized spacial score (nSPS) is 16.9. The van der Waals surface area contributed by atoms with E-state index in [0.29, 0.717) is 38.2 Å². The van der Waals surface area contributed by atoms with Crippen LogP contribution < -0.4 is 9.64 Å². The summed E-state index contributed by atoms with van der Waals surface area (Å²) in [4.78, 5) is 19.8. The minimum Gasteiger partial charge on any atom is -0.497 e. The summed E-state index contributed by atoms with van der Waals surface area (Å²) in [5.41, 5.74) is -1.08. The van der Waals surface area contributed by atoms with E-state index < -0.39 is 23.1 Å². The molecular weight excluding hydrogens is 399 g/mol. The summed E-state index contributed by atoms with van der Waals surface area (Å²) in [5, 5.41) is 3.08. The van der Waals surface area contributed by atoms with Crippen LogP contribution in [0.15, 0.2) is 18.3 Å². The Hall–Kier alpha value is -2.33. The number of alkyl halides is 3. The molecule has 0 amide bonds. The van der Waals surface area contributed by atoms with E-state index in [9.17, 15) is 18.0 Å². The molecule has 2 aromatic rings. The minimum atomic E-state index is -4.68. The summed E-state index contributed by atoms with van der Waals surface area (Å²) in [7, 11) is 1.57. The van der Waals surface area contributed by atoms with Gasteiger partial charge in [0.15, 0.2) is 18.1 Å². The van der Waals surface area contributed by atoms with Crippen LogP contribution in [0.2, 0.25) is 5.02 Å². The SMILES string of the molecule is COc1ccnc(N2CCN(C(C=O)n3nc(C(F)(F)F)c(Cl)c3C)CC2)c1. The molecule has 1 atom stereocenters. The second-order valence-electron chi connectivity index (χ2n) is 6.32. The molecule has 0 saturated carbocycles. The topological polar surface area (TPSA) is 63.5 Å². The van der Waals surface area contributed by atoms with Crippen molar-refractivity contribution < 1.29 is 22.7 Å². The van der Waals surface area contributed by atoms with Crippen molar-refractivity contribution in [3.8, 4) is 5.75 Å². The summed E-state index contributed by atoms with van der Waals surface area (Å²) in [6.45, 7) is 3.40. The molecule has 1 saturated heterocycles. The number of piperazine rings is 1. The van der Waals surface area contributed by atoms with Crippen molar-refractivity contribution in [3.63, 3.8) is 0 Å². The van der Waals surface area contributed by atoms with Gasteiger partial charge in [-0.2, -0.15) is 18.3 Å². The van der Waals surface area contributed by atoms with E-state index in [-0.39, 0.29) is 5.69 Å². The average Bonchev–Trinajstić information content (AvgIpc) is 2.98. The van der Waals surface area contributed by atoms with Crippen molar-refractivity contribution in [2.75, 3.05) is 38.2 Å². The van der Waals surface area contributed by atoms with Gasteiger partial charge >= 0.3 is 6.18 Å². The summed E-state index contributed by atoms with van der Waals surface area (Å²) in [5.74, 6) is 1.42. The van der Waals surface area contributed by atoms with E-state index in [0.717, 1.165) is 10.5 Å². The van der Waals surface area contributed by atoms with Gasteiger partial charge in [0.1, 0.15) is 11.6 Å². The lowest BCUT2D eigenvalue weighted by Crippen LogP contribution is -2.49. The van der Waals surface area contributed by atoms with Gasteiger partial charge in [0, 0.05) is 38.4 Å². The number of nitrogens with zero attached hydrogens (tertiary/aromatic N) is 5. The molecule has 7 nitrogen and oxygen atoms in total. The number of hydrogen-bond donors (Lipinski definition) is 0. The number of carbonyl (C=O) groups is 1. The van der Waals surface area contributed by atoms with Crippen molar-refractivity contribution in [2.45, 2.75) is 19.3 Å². The first-order chi connectivity index (χ1) is 13.3. The molecule has 28 heavy (non-hydrogen) atoms. The van der Waals surface area contributed by atoms with Crippen LogP contribution >= 0.6 is 11.6 Å². The van der Waals surface area contributed by atoms with Gasteiger partial charge in [-0.1, -0.05) is 11.6 Å². The van der Waals surface area contributed by atoms with Crippen LogP contribution in [-0.4, -0.2) is 59.2 Å². The van der Waals surface area contributed by atoms with Crippen molar-refractivity contribution in [1.82, 2.24) is 19.7 Å². The Morgan fingerprint density at radius 1 is 1.29 bits per heavy atom. The number of aldehydes is 1. The van der Waals surface area contributed by atoms with Crippen LogP contribution in [0.5, 0.6) is 5.75 Å². The van der Waals surface area contributed by atoms with Crippen molar-refractivity contribution in [3.05, 3.63) is 34.7 Å². The monoisotopic (exact) mass is 417 g/mol. The average molecular weight is 418 g/mol. The maximum absolute atomic E-state index is 13.1. The smallest absolute Gasteiger partial charge is 0.436 e. The van der Waals surface area contributed by atoms with E-state index in [2.05, 4.69) is 10.1 Å². The summed E-state index contributed by atoms with van der Waals surface area (Å²) in [6.07, 6.45) is -3.43. The lowest BCUT2D eigenvalue weighted by molar-refractivity contribution is -0.142. The predicted molar refractivity (Wildman–Crippen MR) is 96.7 cm³/mol. The number of halogens is 4. The lowest BCUT2D eigenvalue weighted by Gasteiger charge is -2.38. The molecule has 1 aliphatic heterocycles. The highest BCUT2D eigenvalue weighted by Gasteiger charge is 2.39. The third kappa shape index (κ3) is 3.93. The molecule has 11 heteroatoms. The molecule has 152 valence electrons. The highest BCUT2D eigenvalue weighted by molar-refractivity contribution is 6.32. The molecule has 0 bridgehead atoms. The molecule has 0 aliphatic carbocycles. The first-order valence-electron chi connectivity index (χ1n) is 8.52. The fourth-order valence-corrected chi connectivity index (χ4v) is 3.38. The molecule has 1 fully saturated rings. The van der Waals surface area contributed by atoms with Crippen LogP contribution in [0, 0.1) is 6.92 Å². The van der Waals surface area contributed by atoms with Crippen molar-refractivity contribution in [1.29, 1.82) is 0 Å². The summed E-state index contributed by atoms with van der Waals surface area (Å²) in [6, 6.07) is 3.55. The Bertz CT molecular complexity index is 850. The number of ether oxygens (including phenoxy) is 1. The standard InChI is InChI=1S/C17H19ClF3N5O2/c1-11-15(18)16(17(19,20)21)23-26(11)14(10-27)25-7-5-24(6-8-25)13-9-12(28-2)3-4-22-13/h3-4,9-10,14H,5-8H2,1-2H3. The third-order valence-corrected chi connectivity index (χ3v) is 5.14. The Morgan fingerprint density at radius 2 is 1.96 bits per heavy atom. The van der Waals surface area contributed by atoms with Gasteiger partial charge in [-0.25, -0.2) is 9.67 Å². The molecule has 0 spiro atoms. The second-order valence-corrected chi connectivity index (χ2v) is 6.69. The Balaban J connectivity index is 1.76. The van der Waals surface area contributed by atoms with E-state index >= 15 is 0 Å². The number of pyridine rings is 1. The number of rotatable bonds is 5. The van der Waals surface area contributed by atoms with Crippen LogP contribution in [0.25, 0.3) is 0 Å². The lowest BCUT2D eigenvalue weighted by atomic mass is 10.2. The van der Waals surface area contributed by atoms with Crippen molar-refractivity contribution >= 4 is 23.7 Å². The zero-order chi connectivity index (χ0) is 20.5. The molecule has 2 aromatic heterocycles. The Kier molecular flexibility index (Phi) is 5.80. The van der Waals surface area contributed by atoms with Gasteiger partial charge in [-0.15, -0.1) is 0 Å². The van der Waals surface area contributed by atoms with Gasteiger partial charge in [0.05, 0.1) is 17.8 Å². The van der Waals surface area contributed by atoms with Gasteiger partial charge in [-0.3, -0.25) is 9.69 Å². The maximum Gasteiger partial charge on any atom is 0.436 e. The summed E-state index contributed by atoms with van der Waals surface area (Å²) < 4.78 is 45.4. The zero-order valence-electron chi connectivity index (χ0n) is 15.3. The second kappa shape index (κ2) is 7.96. The van der Waals surface area contributed by atoms with Crippen molar-refractivity contribution in [2.24, 2.45) is 0 Å². The Labute approximate surface area is 164 Å². The molecule has 1 unspecified atom stereocenters. The van der Waals surface area contributed by atoms with E-state index in [4.69, 9.17) is 16.3 Å². The fraction of sp³-hybridized carbons (Fsp3) is 0.471. The van der Waals surface area contributed by atoms with Crippen LogP contribution in [0.1, 0.15) is 17.6 Å². The molecule has 3 heterocycles. The molecule has 0 N–H and O–H groups in total. The van der Waals surface area contributed by atoms with Crippen LogP contribution in [0.4, 0.5) is 19.0 Å². The highest BCUT2D eigenvalue weighted by atomic mass is 35.5. The van der Waals surface area contributed by atoms with Gasteiger partial charge in [-0.05, 0) is 13.0 Å². The fourth-order valence-electron chi connectivity index (χ4n) is 3.15. The van der Waals surface area contributed by atoms with Crippen LogP contribution in [-0.2, 0) is 11.0 Å². The minimum absolute atomic E-state index is 0.1000. The number of hydrogen-bond acceptors (Lipinski definition) is 6. The van der Waals surface area contributed by atoms with Gasteiger partial charge in [0.2, 0.25) is 0 Å². The van der Waals surface area contributed by atoms with Gasteiger partial charge in [0.25, 0.3) is 0 Å². The first-order valence-corrected chi connectivity index (χ1v) is 8.90. The zero-order valence-corrected chi connectivity index (χ0v) is 16.0. The van der Waals surface area contributed by atoms with Gasteiger partial charge < -0.3 is 9.64 Å². The number of anilines is 1. The summed E-state index contributed by atoms with van der Waals surface area (Å²) >= 11 is 5.80. The number of carbonyl (C=O) groups excluding carboxylic acids is 1. The molecular formula is C17H19ClF3N5O2. The maximum atomic E-state index is 13.1. The van der Waals surface area contributed by atoms with E-state index in [1.165, 1.54) is 6.92 Å². The first kappa shape index (κ1) is 20.4. The quantitative estimate of drug-likeness (QED) is 0.697. The molecule has 0 radical (unpaired) electrons. The molecule has 0 aromatic carbocycles. The highest BCUT2D eigenvalue weighted by Crippen LogP contribution is 2.36. The molecule has 3 rings (SSSR count). The number of methoxy groups -OCH3 is 1.